The smallest absolute Gasteiger partial charge is 0.171 e. The van der Waals surface area contributed by atoms with E-state index in [2.05, 4.69) is 249 Å². The zero-order valence-electron chi connectivity index (χ0n) is 50.0. The predicted molar refractivity (Wildman–Crippen MR) is 397 cm³/mol. The molecule has 0 aromatic heterocycles. The van der Waals surface area contributed by atoms with Gasteiger partial charge in [-0.2, -0.15) is 0 Å². The molecule has 1 atom stereocenters. The normalized spacial score (nSPS) is 12.7. The molecule has 0 N–H and O–H groups in total. The molecule has 0 heterocycles. The molecular weight excluding hydrogens is 1150 g/mol. The fourth-order valence-corrected chi connectivity index (χ4v) is 21.1. The van der Waals surface area contributed by atoms with Crippen LogP contribution in [0.4, 0.5) is 0 Å². The Balaban J connectivity index is 0.769. The molecule has 0 saturated heterocycles. The first kappa shape index (κ1) is 54.0. The van der Waals surface area contributed by atoms with E-state index in [-0.39, 0.29) is 0 Å². The molecule has 18 aromatic carbocycles. The first-order chi connectivity index (χ1) is 45.4. The zero-order valence-corrected chi connectivity index (χ0v) is 51.8. The standard InChI is InChI=1S/C88H56O2P2/c89-91(59-24-4-1-5-25-59,60-26-6-2-7-27-60)85-45-23-43-65-68(42-22-44-75(65)85)81-55-84-70-35-13-11-33-67(70)80-54-58(48-51-79(80)88(84)78-41-21-16-36-71(78)81)57-46-49-62(50-47-57)92(90,61-28-8-3-9-29-61)86-53-52-73(64-31-14-18-38-74(64)86)82-56-83-69-34-12-10-30-63(69)66-32-15-19-39-76(66)87(83)77-40-20-17-37-72(77)82/h1-56H. The lowest BCUT2D eigenvalue weighted by atomic mass is 9.86. The third kappa shape index (κ3) is 8.14. The first-order valence-corrected chi connectivity index (χ1v) is 34.9. The molecule has 0 amide bonds. The van der Waals surface area contributed by atoms with Crippen molar-refractivity contribution in [1.29, 1.82) is 0 Å². The minimum Gasteiger partial charge on any atom is -0.309 e. The highest BCUT2D eigenvalue weighted by molar-refractivity contribution is 7.86. The summed E-state index contributed by atoms with van der Waals surface area (Å²) in [4.78, 5) is 0. The average molecular weight is 1210 g/mol. The molecule has 0 fully saturated rings. The monoisotopic (exact) mass is 1210 g/mol. The predicted octanol–water partition coefficient (Wildman–Crippen LogP) is 21.5. The molecule has 0 saturated carbocycles. The molecule has 4 heteroatoms. The van der Waals surface area contributed by atoms with Crippen molar-refractivity contribution >= 4 is 154 Å². The Morgan fingerprint density at radius 2 is 0.467 bits per heavy atom. The van der Waals surface area contributed by atoms with Crippen LogP contribution < -0.4 is 31.8 Å². The lowest BCUT2D eigenvalue weighted by Gasteiger charge is -2.23. The summed E-state index contributed by atoms with van der Waals surface area (Å²) in [7, 11) is -6.80. The van der Waals surface area contributed by atoms with Crippen molar-refractivity contribution in [3.05, 3.63) is 340 Å². The van der Waals surface area contributed by atoms with Crippen LogP contribution in [0.25, 0.3) is 141 Å². The highest BCUT2D eigenvalue weighted by Crippen LogP contribution is 2.51. The maximum Gasteiger partial charge on any atom is 0.171 e. The van der Waals surface area contributed by atoms with Gasteiger partial charge in [-0.3, -0.25) is 0 Å². The largest absolute Gasteiger partial charge is 0.309 e. The van der Waals surface area contributed by atoms with Gasteiger partial charge in [0.25, 0.3) is 0 Å². The van der Waals surface area contributed by atoms with Crippen molar-refractivity contribution in [2.45, 2.75) is 0 Å². The van der Waals surface area contributed by atoms with Crippen LogP contribution in [0.15, 0.2) is 340 Å². The van der Waals surface area contributed by atoms with Crippen molar-refractivity contribution in [2.24, 2.45) is 0 Å². The van der Waals surface area contributed by atoms with Crippen molar-refractivity contribution in [1.82, 2.24) is 0 Å². The number of hydrogen-bond donors (Lipinski definition) is 0. The second-order valence-electron chi connectivity index (χ2n) is 24.3. The lowest BCUT2D eigenvalue weighted by Crippen LogP contribution is -2.25. The molecule has 2 nitrogen and oxygen atoms in total. The average Bonchev–Trinajstić information content (AvgIpc) is 0.732. The van der Waals surface area contributed by atoms with E-state index < -0.39 is 14.3 Å². The number of benzene rings is 18. The van der Waals surface area contributed by atoms with Crippen LogP contribution in [0.1, 0.15) is 0 Å². The molecule has 0 spiro atoms. The number of hydrogen-bond acceptors (Lipinski definition) is 2. The van der Waals surface area contributed by atoms with Crippen molar-refractivity contribution in [3.8, 4) is 33.4 Å². The van der Waals surface area contributed by atoms with Crippen molar-refractivity contribution in [3.63, 3.8) is 0 Å². The van der Waals surface area contributed by atoms with E-state index in [4.69, 9.17) is 0 Å². The highest BCUT2D eigenvalue weighted by Gasteiger charge is 2.34. The molecule has 18 aromatic rings. The maximum atomic E-state index is 16.9. The van der Waals surface area contributed by atoms with Gasteiger partial charge in [-0.1, -0.05) is 315 Å². The third-order valence-corrected chi connectivity index (χ3v) is 25.8. The second-order valence-corrected chi connectivity index (χ2v) is 29.8. The van der Waals surface area contributed by atoms with E-state index in [0.717, 1.165) is 92.1 Å². The van der Waals surface area contributed by atoms with Gasteiger partial charge in [-0.25, -0.2) is 0 Å². The summed E-state index contributed by atoms with van der Waals surface area (Å²) in [5, 5.41) is 28.2. The van der Waals surface area contributed by atoms with Gasteiger partial charge < -0.3 is 9.13 Å². The minimum atomic E-state index is -3.50. The number of fused-ring (bicyclic) bond motifs is 18. The fourth-order valence-electron chi connectivity index (χ4n) is 15.4. The van der Waals surface area contributed by atoms with E-state index in [1.807, 2.05) is 91.0 Å². The van der Waals surface area contributed by atoms with Gasteiger partial charge in [-0.05, 0) is 165 Å². The molecule has 18 rings (SSSR count). The van der Waals surface area contributed by atoms with Gasteiger partial charge in [-0.15, -0.1) is 0 Å². The third-order valence-electron chi connectivity index (χ3n) is 19.6. The molecule has 0 aliphatic carbocycles. The van der Waals surface area contributed by atoms with Crippen molar-refractivity contribution < 1.29 is 9.13 Å². The van der Waals surface area contributed by atoms with Gasteiger partial charge in [0.05, 0.1) is 0 Å². The fraction of sp³-hybridized carbons (Fsp3) is 0. The lowest BCUT2D eigenvalue weighted by molar-refractivity contribution is 0.592. The summed E-state index contributed by atoms with van der Waals surface area (Å²) in [6.07, 6.45) is 0. The van der Waals surface area contributed by atoms with Crippen LogP contribution in [-0.4, -0.2) is 0 Å². The molecule has 0 bridgehead atoms. The SMILES string of the molecule is O=P(c1ccccc1)(c1ccc(-c2ccc3c(c2)c2ccccc2c2cc(-c4cccc5c(P(=O)(c6ccccc6)c6ccccc6)cccc45)c4ccccc4c32)cc1)c1ccc(-c2cc3c4ccccc4c4ccccc4c3c3ccccc23)c2ccccc12. The Morgan fingerprint density at radius 1 is 0.163 bits per heavy atom. The van der Waals surface area contributed by atoms with Crippen LogP contribution in [0.5, 0.6) is 0 Å². The van der Waals surface area contributed by atoms with E-state index in [1.165, 1.54) is 80.8 Å². The molecule has 92 heavy (non-hydrogen) atoms. The van der Waals surface area contributed by atoms with Gasteiger partial charge in [0.1, 0.15) is 0 Å². The number of rotatable bonds is 9. The Bertz CT molecular complexity index is 6130. The van der Waals surface area contributed by atoms with E-state index >= 15 is 9.13 Å². The summed E-state index contributed by atoms with van der Waals surface area (Å²) in [5.41, 5.74) is 6.61. The molecule has 0 radical (unpaired) electrons. The van der Waals surface area contributed by atoms with Gasteiger partial charge >= 0.3 is 0 Å². The highest BCUT2D eigenvalue weighted by atomic mass is 31.2. The zero-order chi connectivity index (χ0) is 61.1. The van der Waals surface area contributed by atoms with Crippen LogP contribution in [0.2, 0.25) is 0 Å². The van der Waals surface area contributed by atoms with E-state index in [1.54, 1.807) is 0 Å². The summed E-state index contributed by atoms with van der Waals surface area (Å²) < 4.78 is 32.9. The van der Waals surface area contributed by atoms with Crippen LogP contribution in [0, 0.1) is 0 Å². The first-order valence-electron chi connectivity index (χ1n) is 31.5. The summed E-state index contributed by atoms with van der Waals surface area (Å²) in [6.45, 7) is 0. The quantitative estimate of drug-likeness (QED) is 0.107. The maximum absolute atomic E-state index is 16.9. The van der Waals surface area contributed by atoms with Gasteiger partial charge in [0.15, 0.2) is 14.3 Å². The Morgan fingerprint density at radius 3 is 0.957 bits per heavy atom. The van der Waals surface area contributed by atoms with E-state index in [0.29, 0.717) is 0 Å². The van der Waals surface area contributed by atoms with Crippen LogP contribution >= 0.6 is 14.3 Å². The van der Waals surface area contributed by atoms with Crippen molar-refractivity contribution in [2.75, 3.05) is 0 Å². The van der Waals surface area contributed by atoms with E-state index in [9.17, 15) is 0 Å². The Hall–Kier alpha value is -11.0. The van der Waals surface area contributed by atoms with Crippen LogP contribution in [-0.2, 0) is 9.13 Å². The van der Waals surface area contributed by atoms with Gasteiger partial charge in [0.2, 0.25) is 0 Å². The summed E-state index contributed by atoms with van der Waals surface area (Å²) in [5.74, 6) is 0. The summed E-state index contributed by atoms with van der Waals surface area (Å²) >= 11 is 0. The topological polar surface area (TPSA) is 34.1 Å². The Kier molecular flexibility index (Phi) is 12.5. The molecule has 0 aliphatic rings. The molecule has 1 unspecified atom stereocenters. The molecule has 430 valence electrons. The second kappa shape index (κ2) is 21.3. The minimum absolute atomic E-state index is 0.781. The molecular formula is C88H56O2P2. The molecule has 0 aliphatic heterocycles. The van der Waals surface area contributed by atoms with Crippen LogP contribution in [0.3, 0.4) is 0 Å². The van der Waals surface area contributed by atoms with Gasteiger partial charge in [0, 0.05) is 31.8 Å². The summed E-state index contributed by atoms with van der Waals surface area (Å²) in [6, 6.07) is 120. The Labute approximate surface area is 532 Å².